The zero-order valence-electron chi connectivity index (χ0n) is 12.1. The second-order valence-corrected chi connectivity index (χ2v) is 4.41. The molecule has 0 saturated heterocycles. The van der Waals surface area contributed by atoms with Gasteiger partial charge in [-0.05, 0) is 38.5 Å². The number of guanidine groups is 1. The number of aliphatic imine (C=N–C) groups is 1. The average molecular weight is 355 g/mol. The van der Waals surface area contributed by atoms with E-state index >= 15 is 0 Å². The molecular weight excluding hydrogens is 325 g/mol. The van der Waals surface area contributed by atoms with Crippen molar-refractivity contribution in [3.05, 3.63) is 0 Å². The smallest absolute Gasteiger partial charge is 0.191 e. The molecule has 104 valence electrons. The van der Waals surface area contributed by atoms with E-state index in [-0.39, 0.29) is 24.0 Å². The standard InChI is InChI=1S/C13H29N3.HI/c1-6-13(7-2,8-3)11-15-12(14)16(9-4)10-5;/h6-11H2,1-5H3,(H2,14,15);1H. The molecule has 0 fully saturated rings. The molecule has 0 atom stereocenters. The third-order valence-electron chi connectivity index (χ3n) is 3.91. The van der Waals surface area contributed by atoms with Gasteiger partial charge in [0.1, 0.15) is 0 Å². The maximum atomic E-state index is 5.99. The summed E-state index contributed by atoms with van der Waals surface area (Å²) in [5, 5.41) is 0. The number of nitrogens with two attached hydrogens (primary N) is 1. The Balaban J connectivity index is 0. The highest BCUT2D eigenvalue weighted by atomic mass is 127. The summed E-state index contributed by atoms with van der Waals surface area (Å²) in [7, 11) is 0. The summed E-state index contributed by atoms with van der Waals surface area (Å²) in [5.41, 5.74) is 6.33. The predicted molar refractivity (Wildman–Crippen MR) is 88.1 cm³/mol. The number of hydrogen-bond donors (Lipinski definition) is 1. The third-order valence-corrected chi connectivity index (χ3v) is 3.91. The highest BCUT2D eigenvalue weighted by Gasteiger charge is 2.23. The SMILES string of the molecule is CCN(CC)C(N)=NCC(CC)(CC)CC.I. The molecule has 0 unspecified atom stereocenters. The first kappa shape index (κ1) is 19.3. The summed E-state index contributed by atoms with van der Waals surface area (Å²) in [5.74, 6) is 0.699. The Morgan fingerprint density at radius 2 is 1.41 bits per heavy atom. The quantitative estimate of drug-likeness (QED) is 0.432. The maximum absolute atomic E-state index is 5.99. The lowest BCUT2D eigenvalue weighted by Gasteiger charge is -2.29. The maximum Gasteiger partial charge on any atom is 0.191 e. The van der Waals surface area contributed by atoms with Crippen molar-refractivity contribution in [3.8, 4) is 0 Å². The van der Waals surface area contributed by atoms with E-state index in [1.54, 1.807) is 0 Å². The average Bonchev–Trinajstić information content (AvgIpc) is 2.33. The van der Waals surface area contributed by atoms with Crippen LogP contribution in [-0.4, -0.2) is 30.5 Å². The van der Waals surface area contributed by atoms with Crippen molar-refractivity contribution in [2.45, 2.75) is 53.9 Å². The normalized spacial score (nSPS) is 12.2. The summed E-state index contributed by atoms with van der Waals surface area (Å²) in [4.78, 5) is 6.67. The van der Waals surface area contributed by atoms with Crippen LogP contribution in [0.25, 0.3) is 0 Å². The van der Waals surface area contributed by atoms with Gasteiger partial charge in [-0.3, -0.25) is 4.99 Å². The summed E-state index contributed by atoms with van der Waals surface area (Å²) in [6.07, 6.45) is 3.53. The van der Waals surface area contributed by atoms with Crippen molar-refractivity contribution in [1.29, 1.82) is 0 Å². The minimum atomic E-state index is 0. The van der Waals surface area contributed by atoms with Gasteiger partial charge in [-0.1, -0.05) is 20.8 Å². The van der Waals surface area contributed by atoms with Crippen molar-refractivity contribution in [2.24, 2.45) is 16.1 Å². The summed E-state index contributed by atoms with van der Waals surface area (Å²) >= 11 is 0. The van der Waals surface area contributed by atoms with Gasteiger partial charge >= 0.3 is 0 Å². The largest absolute Gasteiger partial charge is 0.370 e. The van der Waals surface area contributed by atoms with Gasteiger partial charge in [0.05, 0.1) is 0 Å². The van der Waals surface area contributed by atoms with Gasteiger partial charge in [0.15, 0.2) is 5.96 Å². The van der Waals surface area contributed by atoms with Crippen molar-refractivity contribution in [2.75, 3.05) is 19.6 Å². The summed E-state index contributed by atoms with van der Waals surface area (Å²) < 4.78 is 0. The van der Waals surface area contributed by atoms with E-state index in [2.05, 4.69) is 44.5 Å². The molecule has 0 bridgehead atoms. The molecule has 0 aromatic carbocycles. The number of nitrogens with zero attached hydrogens (tertiary/aromatic N) is 2. The Kier molecular flexibility index (Phi) is 11.3. The van der Waals surface area contributed by atoms with Crippen molar-refractivity contribution >= 4 is 29.9 Å². The van der Waals surface area contributed by atoms with Gasteiger partial charge in [-0.15, -0.1) is 24.0 Å². The molecule has 0 rings (SSSR count). The highest BCUT2D eigenvalue weighted by molar-refractivity contribution is 14.0. The minimum Gasteiger partial charge on any atom is -0.370 e. The molecular formula is C13H30IN3. The lowest BCUT2D eigenvalue weighted by molar-refractivity contribution is 0.261. The first-order valence-corrected chi connectivity index (χ1v) is 6.63. The summed E-state index contributed by atoms with van der Waals surface area (Å²) in [6.45, 7) is 13.7. The Bertz CT molecular complexity index is 200. The minimum absolute atomic E-state index is 0. The Morgan fingerprint density at radius 3 is 1.71 bits per heavy atom. The van der Waals surface area contributed by atoms with Crippen LogP contribution >= 0.6 is 24.0 Å². The molecule has 2 N–H and O–H groups in total. The lowest BCUT2D eigenvalue weighted by Crippen LogP contribution is -2.38. The molecule has 17 heavy (non-hydrogen) atoms. The van der Waals surface area contributed by atoms with E-state index in [1.807, 2.05) is 0 Å². The van der Waals surface area contributed by atoms with E-state index in [0.717, 1.165) is 19.6 Å². The second kappa shape index (κ2) is 9.97. The first-order valence-electron chi connectivity index (χ1n) is 6.63. The molecule has 0 aromatic heterocycles. The lowest BCUT2D eigenvalue weighted by atomic mass is 9.80. The van der Waals surface area contributed by atoms with Gasteiger partial charge in [0.25, 0.3) is 0 Å². The topological polar surface area (TPSA) is 41.6 Å². The first-order chi connectivity index (χ1) is 7.59. The predicted octanol–water partition coefficient (Wildman–Crippen LogP) is 3.48. The fourth-order valence-electron chi connectivity index (χ4n) is 1.98. The van der Waals surface area contributed by atoms with Crippen LogP contribution in [0.3, 0.4) is 0 Å². The molecule has 0 heterocycles. The Labute approximate surface area is 124 Å². The van der Waals surface area contributed by atoms with Crippen LogP contribution in [0.2, 0.25) is 0 Å². The van der Waals surface area contributed by atoms with Gasteiger partial charge in [0, 0.05) is 19.6 Å². The van der Waals surface area contributed by atoms with Crippen LogP contribution < -0.4 is 5.73 Å². The van der Waals surface area contributed by atoms with Crippen LogP contribution in [0.5, 0.6) is 0 Å². The van der Waals surface area contributed by atoms with E-state index in [9.17, 15) is 0 Å². The van der Waals surface area contributed by atoms with Gasteiger partial charge < -0.3 is 10.6 Å². The second-order valence-electron chi connectivity index (χ2n) is 4.41. The van der Waals surface area contributed by atoms with E-state index < -0.39 is 0 Å². The van der Waals surface area contributed by atoms with Gasteiger partial charge in [0.2, 0.25) is 0 Å². The molecule has 0 aliphatic heterocycles. The van der Waals surface area contributed by atoms with Crippen LogP contribution in [0.4, 0.5) is 0 Å². The molecule has 3 nitrogen and oxygen atoms in total. The zero-order valence-corrected chi connectivity index (χ0v) is 14.5. The van der Waals surface area contributed by atoms with Crippen LogP contribution in [0.1, 0.15) is 53.9 Å². The number of rotatable bonds is 7. The van der Waals surface area contributed by atoms with E-state index in [1.165, 1.54) is 19.3 Å². The van der Waals surface area contributed by atoms with E-state index in [4.69, 9.17) is 5.73 Å². The molecule has 0 aromatic rings. The van der Waals surface area contributed by atoms with E-state index in [0.29, 0.717) is 11.4 Å². The zero-order chi connectivity index (χ0) is 12.6. The van der Waals surface area contributed by atoms with Crippen LogP contribution in [0.15, 0.2) is 4.99 Å². The van der Waals surface area contributed by atoms with Gasteiger partial charge in [-0.2, -0.15) is 0 Å². The summed E-state index contributed by atoms with van der Waals surface area (Å²) in [6, 6.07) is 0. The van der Waals surface area contributed by atoms with Crippen LogP contribution in [-0.2, 0) is 0 Å². The highest BCUT2D eigenvalue weighted by Crippen LogP contribution is 2.30. The van der Waals surface area contributed by atoms with Gasteiger partial charge in [-0.25, -0.2) is 0 Å². The number of halogens is 1. The fraction of sp³-hybridized carbons (Fsp3) is 0.923. The third kappa shape index (κ3) is 5.93. The number of hydrogen-bond acceptors (Lipinski definition) is 1. The van der Waals surface area contributed by atoms with Crippen molar-refractivity contribution in [1.82, 2.24) is 4.90 Å². The molecule has 0 aliphatic rings. The Morgan fingerprint density at radius 1 is 1.00 bits per heavy atom. The molecule has 0 radical (unpaired) electrons. The molecule has 0 amide bonds. The van der Waals surface area contributed by atoms with Crippen LogP contribution in [0, 0.1) is 5.41 Å². The van der Waals surface area contributed by atoms with Crippen molar-refractivity contribution in [3.63, 3.8) is 0 Å². The molecule has 4 heteroatoms. The fourth-order valence-corrected chi connectivity index (χ4v) is 1.98. The molecule has 0 aliphatic carbocycles. The monoisotopic (exact) mass is 355 g/mol. The Hall–Kier alpha value is 0. The molecule has 0 saturated carbocycles. The van der Waals surface area contributed by atoms with Crippen molar-refractivity contribution < 1.29 is 0 Å². The molecule has 0 spiro atoms.